The number of rotatable bonds is 22. The molecule has 1 atom stereocenters. The second-order valence-electron chi connectivity index (χ2n) is 27.1. The Morgan fingerprint density at radius 1 is 0.537 bits per heavy atom. The van der Waals surface area contributed by atoms with Crippen molar-refractivity contribution in [3.05, 3.63) is 255 Å². The van der Waals surface area contributed by atoms with Crippen molar-refractivity contribution >= 4 is 168 Å². The number of benzene rings is 4. The minimum absolute atomic E-state index is 0.0123. The van der Waals surface area contributed by atoms with Crippen LogP contribution >= 0.6 is 41.9 Å². The summed E-state index contributed by atoms with van der Waals surface area (Å²) in [6.45, 7) is 15.2. The topological polar surface area (TPSA) is 420 Å². The zero-order valence-corrected chi connectivity index (χ0v) is 75.1. The van der Waals surface area contributed by atoms with E-state index in [-0.39, 0.29) is 91.2 Å². The molecule has 0 saturated carbocycles. The number of ketones is 4. The molecule has 7 heterocycles. The van der Waals surface area contributed by atoms with Crippen LogP contribution in [0.2, 0.25) is 0 Å². The molecule has 4 aromatic carbocycles. The lowest BCUT2D eigenvalue weighted by atomic mass is 9.92. The highest BCUT2D eigenvalue weighted by atomic mass is 35.5. The molecule has 0 unspecified atom stereocenters. The highest BCUT2D eigenvalue weighted by Gasteiger charge is 2.37. The van der Waals surface area contributed by atoms with Crippen molar-refractivity contribution in [3.63, 3.8) is 0 Å². The third kappa shape index (κ3) is 30.6. The Balaban J connectivity index is 0.000000311. The molecule has 11 rings (SSSR count). The molecular weight excluding hydrogens is 1720 g/mol. The molecule has 0 saturated heterocycles. The maximum atomic E-state index is 13.5. The van der Waals surface area contributed by atoms with Gasteiger partial charge in [0.25, 0.3) is 26.0 Å². The number of H-pyrrole nitrogens is 2. The fourth-order valence-electron chi connectivity index (χ4n) is 11.1. The first kappa shape index (κ1) is 103. The van der Waals surface area contributed by atoms with Crippen molar-refractivity contribution < 1.29 is 112 Å². The van der Waals surface area contributed by atoms with Crippen molar-refractivity contribution in [2.45, 2.75) is 69.2 Å². The number of phenols is 1. The summed E-state index contributed by atoms with van der Waals surface area (Å²) in [6, 6.07) is 30.7. The number of methoxy groups -OCH3 is 6. The number of aldehydes is 2. The number of nitrogens with one attached hydrogen (secondary N) is 2. The van der Waals surface area contributed by atoms with Crippen LogP contribution in [0.25, 0.3) is 29.0 Å². The highest BCUT2D eigenvalue weighted by Crippen LogP contribution is 2.47. The number of carbonyl (C=O) groups is 12. The Kier molecular flexibility index (Phi) is 40.5. The molecule has 6 aromatic heterocycles. The molecule has 3 N–H and O–H groups in total. The number of ether oxygens (including phenoxy) is 6. The van der Waals surface area contributed by atoms with Gasteiger partial charge >= 0.3 is 29.8 Å². The van der Waals surface area contributed by atoms with E-state index < -0.39 is 50.1 Å². The van der Waals surface area contributed by atoms with Gasteiger partial charge in [-0.1, -0.05) is 76.8 Å². The fourth-order valence-corrected chi connectivity index (χ4v) is 15.2. The van der Waals surface area contributed by atoms with E-state index in [1.54, 1.807) is 121 Å². The summed E-state index contributed by atoms with van der Waals surface area (Å²) in [5.41, 5.74) is 8.44. The standard InChI is InChI=1S/C24H23ClN2O3.C17H17NO5S.C14H13NO5S.C11H13NO3.C7H7NO3.C6H7NO2.C5H11O2P.C2H4Cl2O/c1-14-5-4-6-18-21(29)10-19-23(22(14)18)17(11-25)13-27(19)24(30)20-9-16(12-26(20)3)8-7-15(2)28;1-12-4-8-15(9-5-12)24(21,22)18-11-14(7-6-13(2)19)10-16(18)17(20)23-3;1-10-3-5-12(6-4-10)21(18,19)15-8-11(9-16)7-13(15)14(17)20-2;1-8(13)4-5-9-6-10(11(14)15-3)12(2)7-9;1-11-7(10)6-2-5(4-9)3-8-6;1-9-6(8)5-3-2-4-7-5;1-5(6)4-8(2,3)7;1-5-2(3)4/h4-10,12,17,29H,11,13H2,1-3H3;4-11H,1-3H3;3-9H,1-2H3;4-7H,1-3H3;2-4,8H,1H3;2-4,7H,1H3;4H2,1-3H3;2H,1H3/b8-7+;7-6+;;5-4+;;;;/t17-;;;;;;;/m1......./s1. The normalized spacial score (nSPS) is 11.9. The number of hydrogen-bond donors (Lipinski definition) is 3. The molecule has 123 heavy (non-hydrogen) atoms. The van der Waals surface area contributed by atoms with Crippen LogP contribution in [0.5, 0.6) is 5.75 Å². The average Bonchev–Trinajstić information content (AvgIpc) is 1.60. The second kappa shape index (κ2) is 48.3. The minimum Gasteiger partial charge on any atom is -0.507 e. The number of alkyl halides is 3. The summed E-state index contributed by atoms with van der Waals surface area (Å²) in [5, 5.41) is 11.7. The molecule has 0 radical (unpaired) electrons. The Morgan fingerprint density at radius 3 is 1.34 bits per heavy atom. The van der Waals surface area contributed by atoms with E-state index in [0.29, 0.717) is 58.9 Å². The molecule has 656 valence electrons. The number of amides is 1. The molecular formula is C86H95Cl3N7O24PS2. The van der Waals surface area contributed by atoms with Gasteiger partial charge in [0.1, 0.15) is 45.7 Å². The molecule has 0 spiro atoms. The van der Waals surface area contributed by atoms with Crippen LogP contribution in [0.3, 0.4) is 0 Å². The number of fused-ring (bicyclic) bond motifs is 3. The molecule has 1 amide bonds. The minimum atomic E-state index is -3.97. The van der Waals surface area contributed by atoms with Gasteiger partial charge in [-0.25, -0.2) is 48.8 Å². The monoisotopic (exact) mass is 1810 g/mol. The molecule has 37 heteroatoms. The largest absolute Gasteiger partial charge is 0.507 e. The zero-order chi connectivity index (χ0) is 92.6. The summed E-state index contributed by atoms with van der Waals surface area (Å²) in [7, 11) is 1.25. The van der Waals surface area contributed by atoms with E-state index in [4.69, 9.17) is 34.8 Å². The average molecular weight is 1810 g/mol. The van der Waals surface area contributed by atoms with Crippen molar-refractivity contribution in [2.75, 3.05) is 79.5 Å². The lowest BCUT2D eigenvalue weighted by Crippen LogP contribution is -2.31. The number of aromatic nitrogens is 6. The Morgan fingerprint density at radius 2 is 0.951 bits per heavy atom. The number of esters is 5. The molecule has 1 aliphatic heterocycles. The Labute approximate surface area is 726 Å². The molecule has 0 bridgehead atoms. The van der Waals surface area contributed by atoms with Crippen molar-refractivity contribution in [2.24, 2.45) is 14.1 Å². The van der Waals surface area contributed by atoms with Crippen LogP contribution in [0, 0.1) is 20.8 Å². The summed E-state index contributed by atoms with van der Waals surface area (Å²) in [4.78, 5) is 141. The molecule has 31 nitrogen and oxygen atoms in total. The maximum absolute atomic E-state index is 13.5. The number of halogens is 3. The van der Waals surface area contributed by atoms with Crippen LogP contribution in [-0.4, -0.2) is 200 Å². The van der Waals surface area contributed by atoms with E-state index >= 15 is 0 Å². The number of aryl methyl sites for hydroxylation is 5. The third-order valence-electron chi connectivity index (χ3n) is 16.8. The number of phenolic OH excluding ortho intramolecular Hbond substituents is 1. The molecule has 10 aromatic rings. The number of Topliss-reactive ketones (excluding diaryl/α,β-unsaturated/α-hetero) is 1. The quantitative estimate of drug-likeness (QED) is 0.0142. The summed E-state index contributed by atoms with van der Waals surface area (Å²) < 4.78 is 93.5. The van der Waals surface area contributed by atoms with Crippen molar-refractivity contribution in [1.82, 2.24) is 27.0 Å². The lowest BCUT2D eigenvalue weighted by molar-refractivity contribution is -0.115. The number of aromatic hydroxyl groups is 1. The van der Waals surface area contributed by atoms with Gasteiger partial charge in [-0.15, -0.1) is 11.6 Å². The van der Waals surface area contributed by atoms with Gasteiger partial charge in [0.2, 0.25) is 5.02 Å². The van der Waals surface area contributed by atoms with Gasteiger partial charge in [0.05, 0.1) is 64.3 Å². The van der Waals surface area contributed by atoms with Crippen LogP contribution in [-0.2, 0) is 86.3 Å². The molecule has 1 aliphatic rings. The van der Waals surface area contributed by atoms with Crippen molar-refractivity contribution in [1.29, 1.82) is 0 Å². The van der Waals surface area contributed by atoms with Gasteiger partial charge in [-0.3, -0.25) is 33.6 Å². The van der Waals surface area contributed by atoms with Gasteiger partial charge in [0.15, 0.2) is 29.9 Å². The maximum Gasteiger partial charge on any atom is 0.355 e. The van der Waals surface area contributed by atoms with E-state index in [1.165, 1.54) is 142 Å². The smallest absolute Gasteiger partial charge is 0.355 e. The predicted octanol–water partition coefficient (Wildman–Crippen LogP) is 14.3. The Bertz CT molecular complexity index is 5830. The number of nitrogens with zero attached hydrogens (tertiary/aromatic N) is 5. The summed E-state index contributed by atoms with van der Waals surface area (Å²) in [6.07, 6.45) is 19.4. The van der Waals surface area contributed by atoms with E-state index in [0.717, 1.165) is 65.4 Å². The number of aromatic amines is 2. The predicted molar refractivity (Wildman–Crippen MR) is 468 cm³/mol. The van der Waals surface area contributed by atoms with Gasteiger partial charge in [-0.2, -0.15) is 0 Å². The number of allylic oxidation sites excluding steroid dienone is 3. The molecule has 0 fully saturated rings. The summed E-state index contributed by atoms with van der Waals surface area (Å²) in [5.74, 6) is -2.73. The number of anilines is 1. The second-order valence-corrected chi connectivity index (χ2v) is 35.5. The van der Waals surface area contributed by atoms with Gasteiger partial charge < -0.3 is 62.1 Å². The first-order chi connectivity index (χ1) is 57.8. The van der Waals surface area contributed by atoms with Gasteiger partial charge in [0, 0.05) is 99.3 Å². The molecule has 0 aliphatic carbocycles. The number of hydrogen-bond acceptors (Lipinski definition) is 24. The van der Waals surface area contributed by atoms with Crippen LogP contribution < -0.4 is 4.90 Å². The fraction of sp³-hybridized carbons (Fsp3) is 0.256. The SMILES string of the molecule is CC(=O)/C=C/c1cc(C(=O)N2C[C@@H](CCl)c3c2cc(O)c2cccc(C)c32)n(C)c1.CC(=O)CP(C)(C)=O.COC(=O)c1cc(/C=C/C(C)=O)cn1C.COC(=O)c1cc(/C=C/C(C)=O)cn1S(=O)(=O)c1ccc(C)cc1.COC(=O)c1cc(C=O)c[nH]1.COC(=O)c1cc(C=O)cn1S(=O)(=O)c1ccc(C)cc1.COC(=O)c1ccc[nH]1.COC(Cl)Cl. The Hall–Kier alpha value is -12.4. The van der Waals surface area contributed by atoms with Gasteiger partial charge in [-0.05, 0) is 198 Å². The van der Waals surface area contributed by atoms with E-state index in [1.807, 2.05) is 45.2 Å². The van der Waals surface area contributed by atoms with E-state index in [2.05, 4.69) is 38.4 Å². The first-order valence-electron chi connectivity index (χ1n) is 36.4. The summed E-state index contributed by atoms with van der Waals surface area (Å²) >= 11 is 16.3. The van der Waals surface area contributed by atoms with Crippen LogP contribution in [0.4, 0.5) is 5.69 Å². The van der Waals surface area contributed by atoms with E-state index in [9.17, 15) is 84.0 Å². The lowest BCUT2D eigenvalue weighted by Gasteiger charge is -2.19. The number of carbonyl (C=O) groups excluding carboxylic acids is 12. The van der Waals surface area contributed by atoms with Crippen molar-refractivity contribution in [3.8, 4) is 5.75 Å². The van der Waals surface area contributed by atoms with Crippen LogP contribution in [0.15, 0.2) is 180 Å². The third-order valence-corrected chi connectivity index (χ3v) is 22.1. The first-order valence-corrected chi connectivity index (χ1v) is 43.5. The highest BCUT2D eigenvalue weighted by molar-refractivity contribution is 7.90. The zero-order valence-electron chi connectivity index (χ0n) is 70.3. The van der Waals surface area contributed by atoms with Crippen LogP contribution in [0.1, 0.15) is 156 Å².